The molecule has 0 saturated carbocycles. The standard InChI is InChI=1S/C16H20N4S/c1-12-15(20-8-9-21-16(20)18-12)11-17-10-13-4-6-14(7-5-13)19(2)3/h4-9,17H,10-11H2,1-3H3. The van der Waals surface area contributed by atoms with Crippen molar-refractivity contribution in [1.82, 2.24) is 14.7 Å². The molecule has 0 unspecified atom stereocenters. The molecule has 3 rings (SSSR count). The fourth-order valence-electron chi connectivity index (χ4n) is 2.39. The third kappa shape index (κ3) is 2.94. The van der Waals surface area contributed by atoms with Gasteiger partial charge in [-0.2, -0.15) is 0 Å². The third-order valence-electron chi connectivity index (χ3n) is 3.64. The highest BCUT2D eigenvalue weighted by Gasteiger charge is 2.08. The van der Waals surface area contributed by atoms with Gasteiger partial charge in [-0.25, -0.2) is 4.98 Å². The molecule has 0 aliphatic rings. The zero-order valence-electron chi connectivity index (χ0n) is 12.6. The van der Waals surface area contributed by atoms with E-state index in [0.717, 1.165) is 23.7 Å². The number of rotatable bonds is 5. The van der Waals surface area contributed by atoms with E-state index < -0.39 is 0 Å². The molecule has 21 heavy (non-hydrogen) atoms. The third-order valence-corrected chi connectivity index (χ3v) is 4.39. The Hall–Kier alpha value is -1.85. The van der Waals surface area contributed by atoms with Gasteiger partial charge in [-0.1, -0.05) is 12.1 Å². The number of hydrogen-bond acceptors (Lipinski definition) is 4. The Morgan fingerprint density at radius 1 is 1.19 bits per heavy atom. The first-order valence-electron chi connectivity index (χ1n) is 7.03. The molecule has 0 spiro atoms. The van der Waals surface area contributed by atoms with Crippen LogP contribution in [0.15, 0.2) is 35.8 Å². The lowest BCUT2D eigenvalue weighted by atomic mass is 10.2. The minimum absolute atomic E-state index is 0.833. The van der Waals surface area contributed by atoms with Crippen LogP contribution in [0.2, 0.25) is 0 Å². The molecule has 0 aliphatic carbocycles. The number of hydrogen-bond donors (Lipinski definition) is 1. The average Bonchev–Trinajstić information content (AvgIpc) is 3.02. The zero-order chi connectivity index (χ0) is 14.8. The van der Waals surface area contributed by atoms with Crippen molar-refractivity contribution < 1.29 is 0 Å². The van der Waals surface area contributed by atoms with E-state index in [9.17, 15) is 0 Å². The summed E-state index contributed by atoms with van der Waals surface area (Å²) in [6, 6.07) is 8.65. The van der Waals surface area contributed by atoms with Crippen LogP contribution in [0.25, 0.3) is 4.96 Å². The smallest absolute Gasteiger partial charge is 0.194 e. The monoisotopic (exact) mass is 300 g/mol. The minimum atomic E-state index is 0.833. The maximum atomic E-state index is 4.57. The lowest BCUT2D eigenvalue weighted by Gasteiger charge is -2.13. The lowest BCUT2D eigenvalue weighted by Crippen LogP contribution is -2.15. The van der Waals surface area contributed by atoms with E-state index in [2.05, 4.69) is 76.5 Å². The molecule has 5 heteroatoms. The second-order valence-electron chi connectivity index (χ2n) is 5.36. The SMILES string of the molecule is Cc1nc2sccn2c1CNCc1ccc(N(C)C)cc1. The molecule has 0 bridgehead atoms. The number of fused-ring (bicyclic) bond motifs is 1. The van der Waals surface area contributed by atoms with Crippen LogP contribution in [0, 0.1) is 6.92 Å². The molecule has 1 N–H and O–H groups in total. The van der Waals surface area contributed by atoms with Crippen molar-refractivity contribution >= 4 is 22.0 Å². The summed E-state index contributed by atoms with van der Waals surface area (Å²) >= 11 is 1.68. The predicted molar refractivity (Wildman–Crippen MR) is 89.1 cm³/mol. The van der Waals surface area contributed by atoms with Crippen molar-refractivity contribution in [1.29, 1.82) is 0 Å². The van der Waals surface area contributed by atoms with Gasteiger partial charge in [0.1, 0.15) is 0 Å². The lowest BCUT2D eigenvalue weighted by molar-refractivity contribution is 0.672. The Morgan fingerprint density at radius 3 is 2.67 bits per heavy atom. The highest BCUT2D eigenvalue weighted by molar-refractivity contribution is 7.15. The van der Waals surface area contributed by atoms with Crippen molar-refractivity contribution in [3.05, 3.63) is 52.8 Å². The number of benzene rings is 1. The summed E-state index contributed by atoms with van der Waals surface area (Å²) in [7, 11) is 4.11. The quantitative estimate of drug-likeness (QED) is 0.786. The van der Waals surface area contributed by atoms with Crippen LogP contribution in [-0.2, 0) is 13.1 Å². The molecular formula is C16H20N4S. The van der Waals surface area contributed by atoms with E-state index in [1.165, 1.54) is 16.9 Å². The van der Waals surface area contributed by atoms with E-state index in [4.69, 9.17) is 0 Å². The summed E-state index contributed by atoms with van der Waals surface area (Å²) < 4.78 is 2.17. The molecule has 0 amide bonds. The first kappa shape index (κ1) is 14.1. The van der Waals surface area contributed by atoms with Gasteiger partial charge in [-0.15, -0.1) is 11.3 Å². The fraction of sp³-hybridized carbons (Fsp3) is 0.312. The van der Waals surface area contributed by atoms with Gasteiger partial charge < -0.3 is 10.2 Å². The highest BCUT2D eigenvalue weighted by atomic mass is 32.1. The molecule has 0 atom stereocenters. The van der Waals surface area contributed by atoms with E-state index in [0.29, 0.717) is 0 Å². The average molecular weight is 300 g/mol. The number of nitrogens with zero attached hydrogens (tertiary/aromatic N) is 3. The fourth-order valence-corrected chi connectivity index (χ4v) is 3.17. The second kappa shape index (κ2) is 5.87. The van der Waals surface area contributed by atoms with Crippen molar-refractivity contribution in [2.24, 2.45) is 0 Å². The summed E-state index contributed by atoms with van der Waals surface area (Å²) in [5.74, 6) is 0. The van der Waals surface area contributed by atoms with Crippen LogP contribution in [0.1, 0.15) is 17.0 Å². The van der Waals surface area contributed by atoms with Crippen molar-refractivity contribution in [2.75, 3.05) is 19.0 Å². The maximum Gasteiger partial charge on any atom is 0.194 e. The maximum absolute atomic E-state index is 4.57. The number of imidazole rings is 1. The number of aryl methyl sites for hydroxylation is 1. The molecule has 1 aromatic carbocycles. The molecule has 0 radical (unpaired) electrons. The molecular weight excluding hydrogens is 280 g/mol. The molecule has 3 aromatic rings. The van der Waals surface area contributed by atoms with Crippen molar-refractivity contribution in [2.45, 2.75) is 20.0 Å². The Balaban J connectivity index is 1.63. The van der Waals surface area contributed by atoms with Crippen LogP contribution in [0.4, 0.5) is 5.69 Å². The van der Waals surface area contributed by atoms with Crippen LogP contribution >= 0.6 is 11.3 Å². The summed E-state index contributed by atoms with van der Waals surface area (Å²) in [6.45, 7) is 3.77. The molecule has 0 saturated heterocycles. The highest BCUT2D eigenvalue weighted by Crippen LogP contribution is 2.17. The summed E-state index contributed by atoms with van der Waals surface area (Å²) in [5, 5.41) is 5.58. The Labute approximate surface area is 129 Å². The number of anilines is 1. The normalized spacial score (nSPS) is 11.2. The van der Waals surface area contributed by atoms with Gasteiger partial charge in [-0.3, -0.25) is 4.40 Å². The summed E-state index contributed by atoms with van der Waals surface area (Å²) in [4.78, 5) is 7.75. The second-order valence-corrected chi connectivity index (χ2v) is 6.24. The number of thiazole rings is 1. The van der Waals surface area contributed by atoms with E-state index in [-0.39, 0.29) is 0 Å². The number of aromatic nitrogens is 2. The molecule has 4 nitrogen and oxygen atoms in total. The largest absolute Gasteiger partial charge is 0.378 e. The van der Waals surface area contributed by atoms with E-state index in [1.807, 2.05) is 0 Å². The van der Waals surface area contributed by atoms with Gasteiger partial charge in [0.25, 0.3) is 0 Å². The topological polar surface area (TPSA) is 32.6 Å². The van der Waals surface area contributed by atoms with Crippen LogP contribution in [0.5, 0.6) is 0 Å². The van der Waals surface area contributed by atoms with Crippen molar-refractivity contribution in [3.63, 3.8) is 0 Å². The van der Waals surface area contributed by atoms with Crippen LogP contribution in [-0.4, -0.2) is 23.5 Å². The van der Waals surface area contributed by atoms with E-state index >= 15 is 0 Å². The Bertz CT molecular complexity index is 724. The van der Waals surface area contributed by atoms with Gasteiger partial charge in [0.05, 0.1) is 11.4 Å². The van der Waals surface area contributed by atoms with Crippen molar-refractivity contribution in [3.8, 4) is 0 Å². The zero-order valence-corrected chi connectivity index (χ0v) is 13.4. The minimum Gasteiger partial charge on any atom is -0.378 e. The summed E-state index contributed by atoms with van der Waals surface area (Å²) in [5.41, 5.74) is 4.88. The Morgan fingerprint density at radius 2 is 1.95 bits per heavy atom. The Kier molecular flexibility index (Phi) is 3.94. The first-order chi connectivity index (χ1) is 10.1. The number of nitrogens with one attached hydrogen (secondary N) is 1. The first-order valence-corrected chi connectivity index (χ1v) is 7.91. The van der Waals surface area contributed by atoms with Gasteiger partial charge in [-0.05, 0) is 24.6 Å². The molecule has 0 fully saturated rings. The summed E-state index contributed by atoms with van der Waals surface area (Å²) in [6.07, 6.45) is 2.09. The molecule has 2 aromatic heterocycles. The van der Waals surface area contributed by atoms with Gasteiger partial charge in [0, 0.05) is 44.4 Å². The van der Waals surface area contributed by atoms with Crippen LogP contribution in [0.3, 0.4) is 0 Å². The van der Waals surface area contributed by atoms with Gasteiger partial charge in [0.15, 0.2) is 4.96 Å². The molecule has 0 aliphatic heterocycles. The van der Waals surface area contributed by atoms with Crippen LogP contribution < -0.4 is 10.2 Å². The van der Waals surface area contributed by atoms with Gasteiger partial charge in [0.2, 0.25) is 0 Å². The van der Waals surface area contributed by atoms with Gasteiger partial charge >= 0.3 is 0 Å². The predicted octanol–water partition coefficient (Wildman–Crippen LogP) is 3.06. The molecule has 110 valence electrons. The van der Waals surface area contributed by atoms with E-state index in [1.54, 1.807) is 11.3 Å². The molecule has 2 heterocycles.